The fourth-order valence-corrected chi connectivity index (χ4v) is 2.06. The van der Waals surface area contributed by atoms with Crippen LogP contribution in [0.4, 0.5) is 5.69 Å². The van der Waals surface area contributed by atoms with Gasteiger partial charge in [0.1, 0.15) is 0 Å². The predicted molar refractivity (Wildman–Crippen MR) is 76.6 cm³/mol. The zero-order chi connectivity index (χ0) is 13.9. The topological polar surface area (TPSA) is 41.9 Å². The summed E-state index contributed by atoms with van der Waals surface area (Å²) in [5.74, 6) is -0.106. The summed E-state index contributed by atoms with van der Waals surface area (Å²) in [6.45, 7) is 0. The lowest BCUT2D eigenvalue weighted by atomic mass is 10.1. The van der Waals surface area contributed by atoms with Gasteiger partial charge >= 0.3 is 0 Å². The van der Waals surface area contributed by atoms with Crippen molar-refractivity contribution < 1.29 is 9.53 Å². The molecule has 2 aromatic carbocycles. The lowest BCUT2D eigenvalue weighted by molar-refractivity contribution is -0.129. The number of nitrogens with zero attached hydrogens (tertiary/aromatic N) is 2. The van der Waals surface area contributed by atoms with Crippen LogP contribution in [-0.2, 0) is 9.53 Å². The molecule has 100 valence electrons. The number of likely N-dealkylation sites (N-methyl/N-ethyl adjacent to an activating group) is 1. The second-order valence-electron chi connectivity index (χ2n) is 4.54. The molecule has 0 radical (unpaired) electrons. The summed E-state index contributed by atoms with van der Waals surface area (Å²) in [4.78, 5) is 18.0. The summed E-state index contributed by atoms with van der Waals surface area (Å²) in [5, 5.41) is 0. The fraction of sp³-hybridized carbons (Fsp3) is 0.125. The van der Waals surface area contributed by atoms with Crippen LogP contribution in [0, 0.1) is 0 Å². The highest BCUT2D eigenvalue weighted by molar-refractivity contribution is 6.02. The van der Waals surface area contributed by atoms with Crippen molar-refractivity contribution >= 4 is 17.6 Å². The fourth-order valence-electron chi connectivity index (χ4n) is 2.06. The Labute approximate surface area is 117 Å². The molecule has 2 aromatic rings. The molecule has 1 atom stereocenters. The van der Waals surface area contributed by atoms with Crippen LogP contribution in [0.25, 0.3) is 0 Å². The van der Waals surface area contributed by atoms with Crippen LogP contribution in [0.3, 0.4) is 0 Å². The van der Waals surface area contributed by atoms with Crippen molar-refractivity contribution in [3.05, 3.63) is 66.2 Å². The van der Waals surface area contributed by atoms with E-state index in [9.17, 15) is 4.79 Å². The summed E-state index contributed by atoms with van der Waals surface area (Å²) < 4.78 is 5.70. The first kappa shape index (κ1) is 12.4. The predicted octanol–water partition coefficient (Wildman–Crippen LogP) is 2.90. The minimum atomic E-state index is -0.608. The number of amidine groups is 1. The second-order valence-corrected chi connectivity index (χ2v) is 4.54. The quantitative estimate of drug-likeness (QED) is 0.838. The first-order valence-electron chi connectivity index (χ1n) is 6.38. The van der Waals surface area contributed by atoms with Crippen molar-refractivity contribution in [1.29, 1.82) is 0 Å². The molecular formula is C16H14N2O2. The van der Waals surface area contributed by atoms with Gasteiger partial charge < -0.3 is 4.74 Å². The summed E-state index contributed by atoms with van der Waals surface area (Å²) in [6.07, 6.45) is -0.608. The monoisotopic (exact) mass is 266 g/mol. The zero-order valence-corrected chi connectivity index (χ0v) is 11.1. The van der Waals surface area contributed by atoms with Crippen molar-refractivity contribution in [3.8, 4) is 0 Å². The van der Waals surface area contributed by atoms with Crippen molar-refractivity contribution in [1.82, 2.24) is 4.90 Å². The molecule has 4 nitrogen and oxygen atoms in total. The van der Waals surface area contributed by atoms with Crippen LogP contribution in [-0.4, -0.2) is 23.9 Å². The van der Waals surface area contributed by atoms with Gasteiger partial charge in [-0.05, 0) is 12.1 Å². The van der Waals surface area contributed by atoms with Gasteiger partial charge in [-0.3, -0.25) is 9.69 Å². The normalized spacial score (nSPS) is 20.2. The Morgan fingerprint density at radius 3 is 2.25 bits per heavy atom. The maximum Gasteiger partial charge on any atom is 0.300 e. The zero-order valence-electron chi connectivity index (χ0n) is 11.1. The maximum absolute atomic E-state index is 12.2. The van der Waals surface area contributed by atoms with Gasteiger partial charge in [0.05, 0.1) is 5.69 Å². The van der Waals surface area contributed by atoms with E-state index in [2.05, 4.69) is 4.99 Å². The number of hydrogen-bond acceptors (Lipinski definition) is 3. The van der Waals surface area contributed by atoms with E-state index in [-0.39, 0.29) is 5.91 Å². The molecule has 1 aliphatic heterocycles. The lowest BCUT2D eigenvalue weighted by Gasteiger charge is -2.06. The van der Waals surface area contributed by atoms with Gasteiger partial charge in [-0.25, -0.2) is 0 Å². The van der Waals surface area contributed by atoms with Crippen LogP contribution in [0.15, 0.2) is 65.7 Å². The van der Waals surface area contributed by atoms with E-state index in [1.165, 1.54) is 4.90 Å². The minimum Gasteiger partial charge on any atom is -0.446 e. The van der Waals surface area contributed by atoms with Gasteiger partial charge in [-0.1, -0.05) is 48.5 Å². The van der Waals surface area contributed by atoms with Crippen molar-refractivity contribution in [2.45, 2.75) is 6.10 Å². The van der Waals surface area contributed by atoms with Crippen LogP contribution in [0.5, 0.6) is 0 Å². The number of rotatable bonds is 2. The molecule has 1 unspecified atom stereocenters. The number of hydrogen-bond donors (Lipinski definition) is 0. The Morgan fingerprint density at radius 2 is 1.60 bits per heavy atom. The Balaban J connectivity index is 1.90. The molecule has 1 fully saturated rings. The third kappa shape index (κ3) is 2.28. The van der Waals surface area contributed by atoms with Crippen LogP contribution >= 0.6 is 0 Å². The summed E-state index contributed by atoms with van der Waals surface area (Å²) in [6, 6.07) is 19.2. The van der Waals surface area contributed by atoms with Crippen LogP contribution in [0.2, 0.25) is 0 Å². The SMILES string of the molecule is CN1C(=O)C(c2ccccc2)OC1=Nc1ccccc1. The molecule has 3 rings (SSSR count). The molecule has 0 saturated carbocycles. The Morgan fingerprint density at radius 1 is 1.00 bits per heavy atom. The van der Waals surface area contributed by atoms with Crippen LogP contribution in [0.1, 0.15) is 11.7 Å². The standard InChI is InChI=1S/C16H14N2O2/c1-18-15(19)14(12-8-4-2-5-9-12)20-16(18)17-13-10-6-3-7-11-13/h2-11,14H,1H3. The van der Waals surface area contributed by atoms with Gasteiger partial charge in [0.25, 0.3) is 11.9 Å². The highest BCUT2D eigenvalue weighted by atomic mass is 16.5. The maximum atomic E-state index is 12.2. The number of aliphatic imine (C=N–C) groups is 1. The molecule has 0 spiro atoms. The second kappa shape index (κ2) is 5.17. The van der Waals surface area contributed by atoms with Crippen molar-refractivity contribution in [3.63, 3.8) is 0 Å². The van der Waals surface area contributed by atoms with E-state index in [0.29, 0.717) is 6.02 Å². The molecule has 0 aliphatic carbocycles. The van der Waals surface area contributed by atoms with E-state index in [0.717, 1.165) is 11.3 Å². The molecule has 1 aliphatic rings. The third-order valence-corrected chi connectivity index (χ3v) is 3.15. The number of ether oxygens (including phenoxy) is 1. The Kier molecular flexibility index (Phi) is 3.21. The average molecular weight is 266 g/mol. The average Bonchev–Trinajstić information content (AvgIpc) is 2.78. The van der Waals surface area contributed by atoms with E-state index in [4.69, 9.17) is 4.74 Å². The van der Waals surface area contributed by atoms with E-state index < -0.39 is 6.10 Å². The van der Waals surface area contributed by atoms with Crippen molar-refractivity contribution in [2.24, 2.45) is 4.99 Å². The highest BCUT2D eigenvalue weighted by Crippen LogP contribution is 2.27. The summed E-state index contributed by atoms with van der Waals surface area (Å²) >= 11 is 0. The molecule has 1 saturated heterocycles. The molecule has 20 heavy (non-hydrogen) atoms. The number of carbonyl (C=O) groups excluding carboxylic acids is 1. The molecule has 0 N–H and O–H groups in total. The van der Waals surface area contributed by atoms with Gasteiger partial charge in [0.15, 0.2) is 0 Å². The first-order valence-corrected chi connectivity index (χ1v) is 6.38. The van der Waals surface area contributed by atoms with E-state index in [1.54, 1.807) is 7.05 Å². The number of carbonyl (C=O) groups is 1. The molecular weight excluding hydrogens is 252 g/mol. The third-order valence-electron chi connectivity index (χ3n) is 3.15. The molecule has 0 bridgehead atoms. The van der Waals surface area contributed by atoms with Crippen molar-refractivity contribution in [2.75, 3.05) is 7.05 Å². The number of benzene rings is 2. The van der Waals surface area contributed by atoms with Crippen LogP contribution < -0.4 is 0 Å². The minimum absolute atomic E-state index is 0.106. The largest absolute Gasteiger partial charge is 0.446 e. The van der Waals surface area contributed by atoms with Gasteiger partial charge in [0.2, 0.25) is 6.10 Å². The number of para-hydroxylation sites is 1. The summed E-state index contributed by atoms with van der Waals surface area (Å²) in [5.41, 5.74) is 1.60. The molecule has 1 heterocycles. The van der Waals surface area contributed by atoms with Gasteiger partial charge in [0, 0.05) is 12.6 Å². The van der Waals surface area contributed by atoms with E-state index >= 15 is 0 Å². The Bertz CT molecular complexity index is 638. The lowest BCUT2D eigenvalue weighted by Crippen LogP contribution is -2.25. The smallest absolute Gasteiger partial charge is 0.300 e. The summed E-state index contributed by atoms with van der Waals surface area (Å²) in [7, 11) is 1.67. The first-order chi connectivity index (χ1) is 9.75. The van der Waals surface area contributed by atoms with Gasteiger partial charge in [-0.2, -0.15) is 4.99 Å². The highest BCUT2D eigenvalue weighted by Gasteiger charge is 2.37. The van der Waals surface area contributed by atoms with Gasteiger partial charge in [-0.15, -0.1) is 0 Å². The molecule has 4 heteroatoms. The molecule has 1 amide bonds. The number of amides is 1. The van der Waals surface area contributed by atoms with E-state index in [1.807, 2.05) is 60.7 Å². The Hall–Kier alpha value is -2.62. The molecule has 0 aromatic heterocycles.